The van der Waals surface area contributed by atoms with Gasteiger partial charge in [0.05, 0.1) is 23.8 Å². The summed E-state index contributed by atoms with van der Waals surface area (Å²) in [4.78, 5) is 18.5. The largest absolute Gasteiger partial charge is 0.493 e. The molecule has 10 nitrogen and oxygen atoms in total. The van der Waals surface area contributed by atoms with E-state index in [1.165, 1.54) is 5.56 Å². The molecule has 2 N–H and O–H groups in total. The molecule has 3 fully saturated rings. The number of nitriles is 1. The minimum absolute atomic E-state index is 0.209. The van der Waals surface area contributed by atoms with E-state index in [2.05, 4.69) is 67.0 Å². The number of aliphatic hydroxyl groups is 1. The first-order valence-electron chi connectivity index (χ1n) is 19.2. The molecule has 2 unspecified atom stereocenters. The maximum atomic E-state index is 12.1. The number of carboxylic acid groups (broad SMARTS) is 1. The maximum Gasteiger partial charge on any atom is 0.320 e. The number of aliphatic carboxylic acids is 1. The molecule has 0 aliphatic carbocycles. The van der Waals surface area contributed by atoms with Crippen molar-refractivity contribution in [3.8, 4) is 34.4 Å². The van der Waals surface area contributed by atoms with Crippen LogP contribution in [-0.2, 0) is 17.9 Å². The lowest BCUT2D eigenvalue weighted by atomic mass is 9.90. The number of aliphatic hydroxyl groups excluding tert-OH is 1. The molecule has 7 rings (SSSR count). The fourth-order valence-corrected chi connectivity index (χ4v) is 8.63. The van der Waals surface area contributed by atoms with E-state index in [1.54, 1.807) is 0 Å². The Hall–Kier alpha value is -4.11. The van der Waals surface area contributed by atoms with Gasteiger partial charge in [-0.05, 0) is 110 Å². The van der Waals surface area contributed by atoms with Gasteiger partial charge in [0.2, 0.25) is 0 Å². The predicted molar refractivity (Wildman–Crippen MR) is 208 cm³/mol. The highest BCUT2D eigenvalue weighted by molar-refractivity contribution is 6.32. The van der Waals surface area contributed by atoms with E-state index in [1.807, 2.05) is 23.1 Å². The summed E-state index contributed by atoms with van der Waals surface area (Å²) in [5, 5.41) is 29.8. The van der Waals surface area contributed by atoms with Crippen molar-refractivity contribution >= 4 is 17.6 Å². The summed E-state index contributed by atoms with van der Waals surface area (Å²) in [6.45, 7) is 12.7. The Balaban J connectivity index is 1.08. The molecule has 3 saturated heterocycles. The molecular weight excluding hydrogens is 704 g/mol. The molecule has 0 spiro atoms. The molecule has 0 bridgehead atoms. The van der Waals surface area contributed by atoms with E-state index in [9.17, 15) is 20.3 Å². The Morgan fingerprint density at radius 2 is 1.81 bits per heavy atom. The van der Waals surface area contributed by atoms with E-state index in [0.29, 0.717) is 55.8 Å². The van der Waals surface area contributed by atoms with Crippen LogP contribution >= 0.6 is 11.6 Å². The van der Waals surface area contributed by atoms with Crippen LogP contribution in [-0.4, -0.2) is 101 Å². The number of nitrogens with zero attached hydrogens (tertiary/aromatic N) is 4. The number of piperidine rings is 1. The van der Waals surface area contributed by atoms with Crippen molar-refractivity contribution in [3.05, 3.63) is 87.0 Å². The Bertz CT molecular complexity index is 1960. The lowest BCUT2D eigenvalue weighted by molar-refractivity contribution is -0.144. The zero-order valence-corrected chi connectivity index (χ0v) is 32.3. The van der Waals surface area contributed by atoms with E-state index in [0.717, 1.165) is 96.6 Å². The Morgan fingerprint density at radius 3 is 2.57 bits per heavy atom. The standard InChI is InChI=1S/C43H51ClN4O6/c1-28-11-12-38(52-17-7-14-46-16-13-34(49)23-46)30(3)41(28)35-9-6-8-32(29(35)2)25-54-40-19-39(53-24-31-20-43(26-45)27-48(43)21-31)33(18-36(40)44)22-47-15-5-4-10-37(47)42(50)51/h6,8-9,11-12,18-20,34,37,49H,4-5,7,10,13-17,21-25,27H2,1-3H3,(H,50,51)/t34-,37+,43?,48?/m1/s1. The fraction of sp³-hybridized carbons (Fsp3) is 0.488. The third kappa shape index (κ3) is 8.26. The van der Waals surface area contributed by atoms with Crippen molar-refractivity contribution in [2.24, 2.45) is 0 Å². The van der Waals surface area contributed by atoms with Crippen LogP contribution in [0.4, 0.5) is 0 Å². The normalized spacial score (nSPS) is 23.8. The van der Waals surface area contributed by atoms with Crippen molar-refractivity contribution < 1.29 is 29.2 Å². The van der Waals surface area contributed by atoms with Crippen LogP contribution in [0.5, 0.6) is 17.2 Å². The number of hydrogen-bond donors (Lipinski definition) is 2. The summed E-state index contributed by atoms with van der Waals surface area (Å²) in [6.07, 6.45) is 5.98. The van der Waals surface area contributed by atoms with Crippen LogP contribution in [0.3, 0.4) is 0 Å². The summed E-state index contributed by atoms with van der Waals surface area (Å²) < 4.78 is 19.2. The predicted octanol–water partition coefficient (Wildman–Crippen LogP) is 6.68. The van der Waals surface area contributed by atoms with Gasteiger partial charge >= 0.3 is 5.97 Å². The van der Waals surface area contributed by atoms with E-state index in [4.69, 9.17) is 25.8 Å². The van der Waals surface area contributed by atoms with Crippen molar-refractivity contribution in [1.82, 2.24) is 14.7 Å². The summed E-state index contributed by atoms with van der Waals surface area (Å²) >= 11 is 6.90. The summed E-state index contributed by atoms with van der Waals surface area (Å²) in [7, 11) is 0. The second-order valence-corrected chi connectivity index (χ2v) is 15.8. The fourth-order valence-electron chi connectivity index (χ4n) is 8.39. The smallest absolute Gasteiger partial charge is 0.320 e. The monoisotopic (exact) mass is 754 g/mol. The lowest BCUT2D eigenvalue weighted by Gasteiger charge is -2.33. The zero-order valence-electron chi connectivity index (χ0n) is 31.6. The highest BCUT2D eigenvalue weighted by atomic mass is 35.5. The van der Waals surface area contributed by atoms with Crippen molar-refractivity contribution in [3.63, 3.8) is 0 Å². The second-order valence-electron chi connectivity index (χ2n) is 15.4. The van der Waals surface area contributed by atoms with Gasteiger partial charge in [-0.1, -0.05) is 42.3 Å². The summed E-state index contributed by atoms with van der Waals surface area (Å²) in [5.74, 6) is 1.15. The van der Waals surface area contributed by atoms with Gasteiger partial charge in [0.15, 0.2) is 0 Å². The molecule has 0 amide bonds. The van der Waals surface area contributed by atoms with Crippen LogP contribution in [0.15, 0.2) is 54.1 Å². The minimum Gasteiger partial charge on any atom is -0.493 e. The van der Waals surface area contributed by atoms with Gasteiger partial charge in [-0.3, -0.25) is 14.6 Å². The molecule has 4 aliphatic heterocycles. The Kier molecular flexibility index (Phi) is 11.5. The highest BCUT2D eigenvalue weighted by Crippen LogP contribution is 2.42. The van der Waals surface area contributed by atoms with E-state index in [-0.39, 0.29) is 12.7 Å². The molecule has 286 valence electrons. The number of carbonyl (C=O) groups is 1. The number of halogens is 1. The molecule has 0 aromatic heterocycles. The first-order chi connectivity index (χ1) is 26.0. The number of ether oxygens (including phenoxy) is 3. The number of hydrogen-bond acceptors (Lipinski definition) is 9. The van der Waals surface area contributed by atoms with Crippen LogP contribution in [0, 0.1) is 32.1 Å². The molecule has 3 aromatic rings. The number of benzene rings is 3. The van der Waals surface area contributed by atoms with Crippen molar-refractivity contribution in [2.75, 3.05) is 52.5 Å². The lowest BCUT2D eigenvalue weighted by Crippen LogP contribution is -2.44. The molecule has 3 aromatic carbocycles. The highest BCUT2D eigenvalue weighted by Gasteiger charge is 2.55. The number of fused-ring (bicyclic) bond motifs is 1. The average molecular weight is 755 g/mol. The zero-order chi connectivity index (χ0) is 38.0. The van der Waals surface area contributed by atoms with Gasteiger partial charge in [-0.2, -0.15) is 5.26 Å². The quantitative estimate of drug-likeness (QED) is 0.0989. The van der Waals surface area contributed by atoms with Gasteiger partial charge in [0.1, 0.15) is 42.0 Å². The SMILES string of the molecule is Cc1ccc(OCCCN2CC[C@@H](O)C2)c(C)c1-c1cccc(COc2cc(OCC3=CC4(C#N)CN4C3)c(CN3CCCC[C@H]3C(=O)O)cc2Cl)c1C. The van der Waals surface area contributed by atoms with Crippen LogP contribution in [0.1, 0.15) is 59.9 Å². The van der Waals surface area contributed by atoms with Gasteiger partial charge in [-0.25, -0.2) is 0 Å². The van der Waals surface area contributed by atoms with Crippen LogP contribution in [0.2, 0.25) is 5.02 Å². The van der Waals surface area contributed by atoms with Gasteiger partial charge in [-0.15, -0.1) is 0 Å². The average Bonchev–Trinajstić information content (AvgIpc) is 3.45. The number of rotatable bonds is 15. The Labute approximate surface area is 323 Å². The third-order valence-corrected chi connectivity index (χ3v) is 11.9. The molecule has 4 atom stereocenters. The maximum absolute atomic E-state index is 12.1. The van der Waals surface area contributed by atoms with Crippen molar-refractivity contribution in [1.29, 1.82) is 5.26 Å². The summed E-state index contributed by atoms with van der Waals surface area (Å²) in [6, 6.07) is 16.0. The first kappa shape index (κ1) is 38.2. The molecule has 11 heteroatoms. The molecule has 4 aliphatic rings. The van der Waals surface area contributed by atoms with Crippen molar-refractivity contribution in [2.45, 2.75) is 83.7 Å². The number of aryl methyl sites for hydroxylation is 1. The van der Waals surface area contributed by atoms with E-state index >= 15 is 0 Å². The summed E-state index contributed by atoms with van der Waals surface area (Å²) in [5.41, 5.74) is 8.03. The van der Waals surface area contributed by atoms with Crippen LogP contribution in [0.25, 0.3) is 11.1 Å². The molecule has 0 saturated carbocycles. The molecular formula is C43H51ClN4O6. The van der Waals surface area contributed by atoms with Gasteiger partial charge in [0, 0.05) is 50.9 Å². The Morgan fingerprint density at radius 1 is 0.981 bits per heavy atom. The second kappa shape index (κ2) is 16.3. The molecule has 0 radical (unpaired) electrons. The third-order valence-electron chi connectivity index (χ3n) is 11.6. The minimum atomic E-state index is -0.813. The van der Waals surface area contributed by atoms with Crippen LogP contribution < -0.4 is 14.2 Å². The van der Waals surface area contributed by atoms with Gasteiger partial charge in [0.25, 0.3) is 0 Å². The number of carboxylic acids is 1. The van der Waals surface area contributed by atoms with Gasteiger partial charge < -0.3 is 29.3 Å². The number of β-amino-alcohol motifs (C(OH)–C–C–N with tert-alkyl or cyclic N) is 1. The van der Waals surface area contributed by atoms with E-state index < -0.39 is 17.6 Å². The molecule has 54 heavy (non-hydrogen) atoms. The first-order valence-corrected chi connectivity index (χ1v) is 19.6. The topological polar surface area (TPSA) is 119 Å². The molecule has 4 heterocycles. The number of likely N-dealkylation sites (tertiary alicyclic amines) is 2.